The quantitative estimate of drug-likeness (QED) is 0.0631. The Labute approximate surface area is 378 Å². The van der Waals surface area contributed by atoms with Crippen LogP contribution >= 0.6 is 15.9 Å². The van der Waals surface area contributed by atoms with Gasteiger partial charge in [-0.3, -0.25) is 14.4 Å². The SMILES string of the molecule is CCCCC(CC)CBr.CCCCC(CC)COc1ccc(CC(=O)OC)cc1.COC(=O)Cc1ccc(O)cc1.O=CO[O-].[H-].[K+].[K+]. The molecule has 0 saturated heterocycles. The predicted molar refractivity (Wildman–Crippen MR) is 180 cm³/mol. The maximum atomic E-state index is 11.2. The summed E-state index contributed by atoms with van der Waals surface area (Å²) in [7, 11) is 2.75. The van der Waals surface area contributed by atoms with Gasteiger partial charge in [-0.1, -0.05) is 106 Å². The van der Waals surface area contributed by atoms with E-state index in [1.54, 1.807) is 12.1 Å². The summed E-state index contributed by atoms with van der Waals surface area (Å²) >= 11 is 3.51. The Morgan fingerprint density at radius 2 is 1.21 bits per heavy atom. The van der Waals surface area contributed by atoms with Gasteiger partial charge in [0.1, 0.15) is 11.5 Å². The molecule has 0 aliphatic carbocycles. The van der Waals surface area contributed by atoms with Crippen LogP contribution in [0.3, 0.4) is 0 Å². The van der Waals surface area contributed by atoms with E-state index in [2.05, 4.69) is 58.0 Å². The molecular formula is C35H55BrK2O9. The fraction of sp³-hybridized carbons (Fsp3) is 0.571. The molecule has 9 nitrogen and oxygen atoms in total. The molecule has 2 aromatic rings. The van der Waals surface area contributed by atoms with Gasteiger partial charge in [-0.15, -0.1) is 0 Å². The molecule has 0 aliphatic rings. The van der Waals surface area contributed by atoms with Crippen LogP contribution in [-0.4, -0.2) is 49.7 Å². The fourth-order valence-electron chi connectivity index (χ4n) is 3.79. The van der Waals surface area contributed by atoms with Crippen molar-refractivity contribution in [2.24, 2.45) is 11.8 Å². The molecule has 0 fully saturated rings. The first-order valence-corrected chi connectivity index (χ1v) is 16.7. The number of methoxy groups -OCH3 is 2. The number of unbranched alkanes of at least 4 members (excludes halogenated alkanes) is 2. The second kappa shape index (κ2) is 39.0. The van der Waals surface area contributed by atoms with E-state index < -0.39 is 0 Å². The van der Waals surface area contributed by atoms with Crippen LogP contribution in [0.2, 0.25) is 0 Å². The minimum atomic E-state index is -0.277. The van der Waals surface area contributed by atoms with Crippen molar-refractivity contribution in [2.75, 3.05) is 26.2 Å². The summed E-state index contributed by atoms with van der Waals surface area (Å²) in [6.07, 6.45) is 10.9. The topological polar surface area (TPSA) is 131 Å². The zero-order valence-electron chi connectivity index (χ0n) is 30.9. The van der Waals surface area contributed by atoms with Gasteiger partial charge in [-0.2, -0.15) is 0 Å². The molecule has 2 aromatic carbocycles. The zero-order valence-corrected chi connectivity index (χ0v) is 37.8. The summed E-state index contributed by atoms with van der Waals surface area (Å²) in [6, 6.07) is 14.1. The summed E-state index contributed by atoms with van der Waals surface area (Å²) in [5.41, 5.74) is 1.78. The number of carbonyl (C=O) groups excluding carboxylic acids is 3. The van der Waals surface area contributed by atoms with Crippen LogP contribution < -0.4 is 113 Å². The normalized spacial score (nSPS) is 10.6. The van der Waals surface area contributed by atoms with E-state index in [4.69, 9.17) is 19.9 Å². The molecule has 0 bridgehead atoms. The van der Waals surface area contributed by atoms with Crippen LogP contribution in [-0.2, 0) is 41.6 Å². The summed E-state index contributed by atoms with van der Waals surface area (Å²) in [5.74, 6) is 2.12. The first-order valence-electron chi connectivity index (χ1n) is 15.6. The molecule has 0 radical (unpaired) electrons. The van der Waals surface area contributed by atoms with E-state index in [0.717, 1.165) is 35.8 Å². The Morgan fingerprint density at radius 1 is 0.809 bits per heavy atom. The minimum Gasteiger partial charge on any atom is -1.00 e. The standard InChI is InChI=1S/C17H26O3.C9H10O3.C8H17Br.CH2O3.2K.H/c1-4-6-7-14(5-2)13-20-16-10-8-15(9-11-16)12-17(18)19-3;1-12-9(11)6-7-2-4-8(10)5-3-7;1-3-5-6-8(4-2)7-9;2-1-4-3;;;/h8-11,14H,4-7,12-13H2,1-3H3;2-5,10H,6H2,1H3;8H,3-7H2,1-2H3;1,3H;;;/q;;;;2*+1;-1/p-1. The fourth-order valence-corrected chi connectivity index (χ4v) is 4.57. The summed E-state index contributed by atoms with van der Waals surface area (Å²) in [6.45, 7) is 9.53. The first kappa shape index (κ1) is 53.9. The van der Waals surface area contributed by atoms with Crippen LogP contribution in [0.4, 0.5) is 0 Å². The van der Waals surface area contributed by atoms with E-state index in [1.165, 1.54) is 76.6 Å². The zero-order chi connectivity index (χ0) is 34.3. The van der Waals surface area contributed by atoms with Crippen LogP contribution in [0.1, 0.15) is 91.6 Å². The molecule has 0 heterocycles. The van der Waals surface area contributed by atoms with E-state index in [9.17, 15) is 9.59 Å². The molecular weight excluding hydrogens is 722 g/mol. The third kappa shape index (κ3) is 33.1. The van der Waals surface area contributed by atoms with E-state index in [1.807, 2.05) is 24.3 Å². The van der Waals surface area contributed by atoms with Gasteiger partial charge in [0.15, 0.2) is 0 Å². The van der Waals surface area contributed by atoms with Gasteiger partial charge in [0, 0.05) is 5.33 Å². The van der Waals surface area contributed by atoms with Crippen LogP contribution in [0.25, 0.3) is 0 Å². The molecule has 12 heteroatoms. The second-order valence-corrected chi connectivity index (χ2v) is 11.0. The maximum Gasteiger partial charge on any atom is 1.00 e. The number of rotatable bonds is 17. The van der Waals surface area contributed by atoms with Crippen molar-refractivity contribution in [3.8, 4) is 11.5 Å². The molecule has 0 spiro atoms. The Hall–Kier alpha value is 0.163. The van der Waals surface area contributed by atoms with Crippen molar-refractivity contribution in [1.29, 1.82) is 0 Å². The van der Waals surface area contributed by atoms with Gasteiger partial charge >= 0.3 is 115 Å². The molecule has 0 amide bonds. The monoisotopic (exact) mass is 776 g/mol. The third-order valence-corrected chi connectivity index (χ3v) is 7.76. The molecule has 0 saturated carbocycles. The number of aromatic hydroxyl groups is 1. The number of hydrogen-bond acceptors (Lipinski definition) is 9. The van der Waals surface area contributed by atoms with Crippen molar-refractivity contribution < 1.29 is 148 Å². The molecule has 0 aromatic heterocycles. The van der Waals surface area contributed by atoms with E-state index in [0.29, 0.717) is 12.3 Å². The Bertz CT molecular complexity index is 997. The number of phenolic OH excluding ortho intramolecular Hbond substituents is 1. The largest absolute Gasteiger partial charge is 1.00 e. The van der Waals surface area contributed by atoms with Gasteiger partial charge in [0.2, 0.25) is 0 Å². The van der Waals surface area contributed by atoms with Gasteiger partial charge < -0.3 is 30.9 Å². The predicted octanol–water partition coefficient (Wildman–Crippen LogP) is 1.26. The molecule has 258 valence electrons. The van der Waals surface area contributed by atoms with Crippen LogP contribution in [0, 0.1) is 11.8 Å². The number of hydrogen-bond donors (Lipinski definition) is 1. The number of alkyl halides is 1. The van der Waals surface area contributed by atoms with Crippen molar-refractivity contribution >= 4 is 34.3 Å². The Kier molecular flexibility index (Phi) is 44.7. The summed E-state index contributed by atoms with van der Waals surface area (Å²) < 4.78 is 15.0. The number of carbonyl (C=O) groups is 3. The number of phenols is 1. The average molecular weight is 778 g/mol. The number of halogens is 1. The van der Waals surface area contributed by atoms with E-state index in [-0.39, 0.29) is 135 Å². The number of ether oxygens (including phenoxy) is 3. The number of benzene rings is 2. The molecule has 2 rings (SSSR count). The Balaban J connectivity index is -0.000000189. The van der Waals surface area contributed by atoms with Gasteiger partial charge in [-0.25, -0.2) is 0 Å². The Morgan fingerprint density at radius 3 is 1.55 bits per heavy atom. The van der Waals surface area contributed by atoms with Gasteiger partial charge in [0.05, 0.1) is 33.7 Å². The molecule has 2 unspecified atom stereocenters. The van der Waals surface area contributed by atoms with Gasteiger partial charge in [-0.05, 0) is 60.1 Å². The van der Waals surface area contributed by atoms with Crippen LogP contribution in [0.5, 0.6) is 11.5 Å². The number of esters is 2. The van der Waals surface area contributed by atoms with Crippen molar-refractivity contribution in [3.05, 3.63) is 59.7 Å². The van der Waals surface area contributed by atoms with Crippen LogP contribution in [0.15, 0.2) is 48.5 Å². The van der Waals surface area contributed by atoms with Crippen molar-refractivity contribution in [2.45, 2.75) is 91.9 Å². The second-order valence-electron chi connectivity index (χ2n) is 10.3. The first-order chi connectivity index (χ1) is 21.7. The molecule has 1 N–H and O–H groups in total. The summed E-state index contributed by atoms with van der Waals surface area (Å²) in [5, 5.41) is 18.5. The van der Waals surface area contributed by atoms with Gasteiger partial charge in [0.25, 0.3) is 6.47 Å². The smallest absolute Gasteiger partial charge is 1.00 e. The van der Waals surface area contributed by atoms with Crippen molar-refractivity contribution in [3.63, 3.8) is 0 Å². The average Bonchev–Trinajstić information content (AvgIpc) is 3.07. The maximum absolute atomic E-state index is 11.2. The minimum absolute atomic E-state index is 0. The molecule has 47 heavy (non-hydrogen) atoms. The van der Waals surface area contributed by atoms with Crippen molar-refractivity contribution in [1.82, 2.24) is 0 Å². The molecule has 0 aliphatic heterocycles. The summed E-state index contributed by atoms with van der Waals surface area (Å²) in [4.78, 5) is 33.2. The molecule has 2 atom stereocenters. The van der Waals surface area contributed by atoms with E-state index >= 15 is 0 Å². The third-order valence-electron chi connectivity index (χ3n) is 6.84.